The molecule has 1 aliphatic heterocycles. The van der Waals surface area contributed by atoms with Gasteiger partial charge in [0.25, 0.3) is 0 Å². The fraction of sp³-hybridized carbons (Fsp3) is 0.500. The molecule has 0 spiro atoms. The lowest BCUT2D eigenvalue weighted by atomic mass is 10.2. The fourth-order valence-electron chi connectivity index (χ4n) is 2.50. The Bertz CT molecular complexity index is 661. The maximum atomic E-state index is 11.9. The summed E-state index contributed by atoms with van der Waals surface area (Å²) in [5.74, 6) is 0.878. The van der Waals surface area contributed by atoms with Gasteiger partial charge in [0.2, 0.25) is 17.6 Å². The zero-order chi connectivity index (χ0) is 16.8. The van der Waals surface area contributed by atoms with Crippen molar-refractivity contribution < 1.29 is 14.1 Å². The first kappa shape index (κ1) is 16.5. The predicted molar refractivity (Wildman–Crippen MR) is 86.1 cm³/mol. The Balaban J connectivity index is 1.42. The number of nitrogens with zero attached hydrogens (tertiary/aromatic N) is 4. The van der Waals surface area contributed by atoms with Crippen LogP contribution in [0.2, 0.25) is 0 Å². The normalized spacial score (nSPS) is 18.5. The van der Waals surface area contributed by atoms with E-state index in [-0.39, 0.29) is 12.0 Å². The van der Waals surface area contributed by atoms with E-state index in [1.54, 1.807) is 12.4 Å². The highest BCUT2D eigenvalue weighted by Crippen LogP contribution is 2.14. The number of carbonyl (C=O) groups is 1. The Kier molecular flexibility index (Phi) is 5.50. The number of morpholine rings is 1. The van der Waals surface area contributed by atoms with Gasteiger partial charge in [0.1, 0.15) is 0 Å². The van der Waals surface area contributed by atoms with Gasteiger partial charge in [0.05, 0.1) is 12.7 Å². The van der Waals surface area contributed by atoms with Crippen molar-refractivity contribution >= 4 is 5.91 Å². The maximum Gasteiger partial charge on any atom is 0.227 e. The van der Waals surface area contributed by atoms with Crippen LogP contribution in [0.3, 0.4) is 0 Å². The van der Waals surface area contributed by atoms with Gasteiger partial charge in [0.15, 0.2) is 0 Å². The Morgan fingerprint density at radius 1 is 1.50 bits per heavy atom. The van der Waals surface area contributed by atoms with Gasteiger partial charge in [-0.25, -0.2) is 0 Å². The van der Waals surface area contributed by atoms with Gasteiger partial charge in [-0.2, -0.15) is 4.98 Å². The second-order valence-corrected chi connectivity index (χ2v) is 5.81. The SMILES string of the molecule is CN1CCO[C@H](CNC(=O)CCc2nc(-c3cccnc3)no2)C1. The van der Waals surface area contributed by atoms with E-state index in [4.69, 9.17) is 9.26 Å². The van der Waals surface area contributed by atoms with Crippen molar-refractivity contribution in [1.29, 1.82) is 0 Å². The number of carbonyl (C=O) groups excluding carboxylic acids is 1. The molecule has 1 amide bonds. The molecule has 128 valence electrons. The third-order valence-electron chi connectivity index (χ3n) is 3.82. The summed E-state index contributed by atoms with van der Waals surface area (Å²) in [5.41, 5.74) is 0.788. The molecule has 0 aliphatic carbocycles. The number of rotatable bonds is 6. The zero-order valence-electron chi connectivity index (χ0n) is 13.6. The highest BCUT2D eigenvalue weighted by Gasteiger charge is 2.18. The Morgan fingerprint density at radius 3 is 3.21 bits per heavy atom. The average Bonchev–Trinajstić information content (AvgIpc) is 3.08. The van der Waals surface area contributed by atoms with Crippen molar-refractivity contribution in [3.8, 4) is 11.4 Å². The van der Waals surface area contributed by atoms with Crippen molar-refractivity contribution in [2.24, 2.45) is 0 Å². The molecule has 2 aromatic heterocycles. The van der Waals surface area contributed by atoms with Crippen LogP contribution >= 0.6 is 0 Å². The molecule has 0 bridgehead atoms. The van der Waals surface area contributed by atoms with Crippen LogP contribution in [-0.2, 0) is 16.0 Å². The molecular weight excluding hydrogens is 310 g/mol. The molecule has 3 rings (SSSR count). The van der Waals surface area contributed by atoms with Crippen LogP contribution in [0.5, 0.6) is 0 Å². The lowest BCUT2D eigenvalue weighted by Crippen LogP contribution is -2.45. The van der Waals surface area contributed by atoms with Crippen LogP contribution in [-0.4, -0.2) is 65.3 Å². The van der Waals surface area contributed by atoms with Crippen molar-refractivity contribution in [2.75, 3.05) is 33.3 Å². The number of aryl methyl sites for hydroxylation is 1. The maximum absolute atomic E-state index is 11.9. The topological polar surface area (TPSA) is 93.4 Å². The highest BCUT2D eigenvalue weighted by molar-refractivity contribution is 5.76. The molecule has 1 aliphatic rings. The molecule has 24 heavy (non-hydrogen) atoms. The standard InChI is InChI=1S/C16H21N5O3/c1-21-7-8-23-13(11-21)10-18-14(22)4-5-15-19-16(20-24-15)12-3-2-6-17-9-12/h2-3,6,9,13H,4-5,7-8,10-11H2,1H3,(H,18,22)/t13-/m1/s1. The van der Waals surface area contributed by atoms with Gasteiger partial charge in [-0.1, -0.05) is 5.16 Å². The van der Waals surface area contributed by atoms with Gasteiger partial charge < -0.3 is 19.5 Å². The molecule has 3 heterocycles. The first-order valence-corrected chi connectivity index (χ1v) is 8.00. The predicted octanol–water partition coefficient (Wildman–Crippen LogP) is 0.511. The van der Waals surface area contributed by atoms with Gasteiger partial charge in [0, 0.05) is 50.4 Å². The molecule has 0 unspecified atom stereocenters. The third kappa shape index (κ3) is 4.59. The Labute approximate surface area is 140 Å². The van der Waals surface area contributed by atoms with E-state index in [1.165, 1.54) is 0 Å². The van der Waals surface area contributed by atoms with E-state index in [0.29, 0.717) is 37.7 Å². The van der Waals surface area contributed by atoms with Crippen LogP contribution in [0.15, 0.2) is 29.0 Å². The average molecular weight is 331 g/mol. The number of amides is 1. The molecule has 0 aromatic carbocycles. The van der Waals surface area contributed by atoms with Crippen LogP contribution < -0.4 is 5.32 Å². The monoisotopic (exact) mass is 331 g/mol. The number of nitrogens with one attached hydrogen (secondary N) is 1. The van der Waals surface area contributed by atoms with Gasteiger partial charge in [-0.05, 0) is 19.2 Å². The summed E-state index contributed by atoms with van der Waals surface area (Å²) in [6.07, 6.45) is 4.11. The van der Waals surface area contributed by atoms with Gasteiger partial charge in [-0.15, -0.1) is 0 Å². The molecule has 8 heteroatoms. The van der Waals surface area contributed by atoms with Gasteiger partial charge in [-0.3, -0.25) is 9.78 Å². The van der Waals surface area contributed by atoms with Crippen LogP contribution in [0.4, 0.5) is 0 Å². The molecule has 0 radical (unpaired) electrons. The minimum atomic E-state index is -0.0482. The van der Waals surface area contributed by atoms with Crippen LogP contribution in [0.1, 0.15) is 12.3 Å². The highest BCUT2D eigenvalue weighted by atomic mass is 16.5. The van der Waals surface area contributed by atoms with E-state index in [0.717, 1.165) is 18.7 Å². The van der Waals surface area contributed by atoms with E-state index in [1.807, 2.05) is 19.2 Å². The lowest BCUT2D eigenvalue weighted by molar-refractivity contribution is -0.122. The van der Waals surface area contributed by atoms with E-state index in [2.05, 4.69) is 25.3 Å². The number of hydrogen-bond donors (Lipinski definition) is 1. The molecule has 2 aromatic rings. The summed E-state index contributed by atoms with van der Waals surface area (Å²) in [6.45, 7) is 2.99. The fourth-order valence-corrected chi connectivity index (χ4v) is 2.50. The first-order valence-electron chi connectivity index (χ1n) is 8.00. The van der Waals surface area contributed by atoms with E-state index >= 15 is 0 Å². The molecule has 1 atom stereocenters. The number of ether oxygens (including phenoxy) is 1. The smallest absolute Gasteiger partial charge is 0.227 e. The van der Waals surface area contributed by atoms with Crippen molar-refractivity contribution in [3.63, 3.8) is 0 Å². The van der Waals surface area contributed by atoms with Gasteiger partial charge >= 0.3 is 0 Å². The first-order chi connectivity index (χ1) is 11.7. The summed E-state index contributed by atoms with van der Waals surface area (Å²) >= 11 is 0. The van der Waals surface area contributed by atoms with E-state index in [9.17, 15) is 4.79 Å². The zero-order valence-corrected chi connectivity index (χ0v) is 13.6. The van der Waals surface area contributed by atoms with Crippen LogP contribution in [0.25, 0.3) is 11.4 Å². The summed E-state index contributed by atoms with van der Waals surface area (Å²) in [7, 11) is 2.05. The molecular formula is C16H21N5O3. The largest absolute Gasteiger partial charge is 0.374 e. The molecule has 8 nitrogen and oxygen atoms in total. The van der Waals surface area contributed by atoms with E-state index < -0.39 is 0 Å². The summed E-state index contributed by atoms with van der Waals surface area (Å²) in [6, 6.07) is 3.67. The number of likely N-dealkylation sites (N-methyl/N-ethyl adjacent to an activating group) is 1. The second-order valence-electron chi connectivity index (χ2n) is 5.81. The minimum absolute atomic E-state index is 0.0482. The number of pyridine rings is 1. The molecule has 1 fully saturated rings. The van der Waals surface area contributed by atoms with Crippen molar-refractivity contribution in [1.82, 2.24) is 25.3 Å². The van der Waals surface area contributed by atoms with Crippen LogP contribution in [0, 0.1) is 0 Å². The number of aromatic nitrogens is 3. The van der Waals surface area contributed by atoms with Crippen molar-refractivity contribution in [3.05, 3.63) is 30.4 Å². The summed E-state index contributed by atoms with van der Waals surface area (Å²) < 4.78 is 10.8. The third-order valence-corrected chi connectivity index (χ3v) is 3.82. The Morgan fingerprint density at radius 2 is 2.42 bits per heavy atom. The lowest BCUT2D eigenvalue weighted by Gasteiger charge is -2.30. The van der Waals surface area contributed by atoms with Crippen molar-refractivity contribution in [2.45, 2.75) is 18.9 Å². The molecule has 0 saturated carbocycles. The molecule has 1 saturated heterocycles. The summed E-state index contributed by atoms with van der Waals surface area (Å²) in [4.78, 5) is 22.4. The second kappa shape index (κ2) is 7.98. The quantitative estimate of drug-likeness (QED) is 0.824. The Hall–Kier alpha value is -2.32. The molecule has 1 N–H and O–H groups in total. The summed E-state index contributed by atoms with van der Waals surface area (Å²) in [5, 5.41) is 6.80. The number of hydrogen-bond acceptors (Lipinski definition) is 7. The minimum Gasteiger partial charge on any atom is -0.374 e.